The van der Waals surface area contributed by atoms with Gasteiger partial charge in [0.2, 0.25) is 0 Å². The molecular weight excluding hydrogens is 130 g/mol. The molecule has 31 valence electrons. The van der Waals surface area contributed by atoms with Crippen LogP contribution in [0.1, 0.15) is 0 Å². The fraction of sp³-hybridized carbons (Fsp3) is 1.00. The maximum Gasteiger partial charge on any atom is 0.305 e. The fourth-order valence-corrected chi connectivity index (χ4v) is 0. The lowest BCUT2D eigenvalue weighted by molar-refractivity contribution is 0.595. The fourth-order valence-electron chi connectivity index (χ4n) is 0. The summed E-state index contributed by atoms with van der Waals surface area (Å²) in [6.45, 7) is 0. The Morgan fingerprint density at radius 3 is 1.80 bits per heavy atom. The van der Waals surface area contributed by atoms with E-state index in [0.717, 1.165) is 0 Å². The van der Waals surface area contributed by atoms with Crippen molar-refractivity contribution in [1.29, 1.82) is 0 Å². The van der Waals surface area contributed by atoms with Gasteiger partial charge in [-0.2, -0.15) is 0 Å². The molecular formula is CH2Cl2FSi. The third-order valence-electron chi connectivity index (χ3n) is 0.101. The van der Waals surface area contributed by atoms with Crippen molar-refractivity contribution in [3.8, 4) is 0 Å². The van der Waals surface area contributed by atoms with Gasteiger partial charge >= 0.3 is 7.42 Å². The van der Waals surface area contributed by atoms with Crippen LogP contribution in [0.2, 0.25) is 0 Å². The van der Waals surface area contributed by atoms with E-state index in [4.69, 9.17) is 22.2 Å². The maximum atomic E-state index is 10.9. The van der Waals surface area contributed by atoms with E-state index in [1.54, 1.807) is 0 Å². The number of halogens is 3. The second-order valence-corrected chi connectivity index (χ2v) is 4.73. The average Bonchev–Trinajstić information content (AvgIpc) is 1.38. The van der Waals surface area contributed by atoms with Crippen LogP contribution < -0.4 is 0 Å². The van der Waals surface area contributed by atoms with E-state index in [9.17, 15) is 4.39 Å². The lowest BCUT2D eigenvalue weighted by atomic mass is 11.8. The van der Waals surface area contributed by atoms with Gasteiger partial charge < -0.3 is 0 Å². The molecule has 0 fully saturated rings. The van der Waals surface area contributed by atoms with Crippen LogP contribution in [-0.4, -0.2) is 13.7 Å². The predicted octanol–water partition coefficient (Wildman–Crippen LogP) is 1.46. The van der Waals surface area contributed by atoms with Crippen molar-refractivity contribution in [2.75, 3.05) is 6.30 Å². The van der Waals surface area contributed by atoms with Crippen LogP contribution in [-0.2, 0) is 0 Å². The van der Waals surface area contributed by atoms with Gasteiger partial charge in [0.05, 0.1) is 0 Å². The van der Waals surface area contributed by atoms with Gasteiger partial charge in [0, 0.05) is 0 Å². The molecule has 0 aromatic carbocycles. The summed E-state index contributed by atoms with van der Waals surface area (Å²) >= 11 is 9.91. The number of rotatable bonds is 1. The molecule has 0 amide bonds. The molecule has 0 nitrogen and oxygen atoms in total. The first kappa shape index (κ1) is 5.73. The van der Waals surface area contributed by atoms with Crippen LogP contribution in [0.3, 0.4) is 0 Å². The molecule has 0 saturated carbocycles. The second kappa shape index (κ2) is 2.94. The Kier molecular flexibility index (Phi) is 3.37. The van der Waals surface area contributed by atoms with E-state index in [1.807, 2.05) is 0 Å². The smallest absolute Gasteiger partial charge is 0.252 e. The Bertz CT molecular complexity index is 23.6. The molecule has 0 aliphatic rings. The maximum absolute atomic E-state index is 10.9. The normalized spacial score (nSPS) is 9.60. The Hall–Kier alpha value is 0.727. The van der Waals surface area contributed by atoms with Gasteiger partial charge in [-0.3, -0.25) is 4.39 Å². The summed E-state index contributed by atoms with van der Waals surface area (Å²) in [5, 5.41) is 0. The van der Waals surface area contributed by atoms with Gasteiger partial charge in [-0.25, -0.2) is 0 Å². The molecule has 0 aromatic heterocycles. The molecule has 4 heteroatoms. The van der Waals surface area contributed by atoms with Gasteiger partial charge in [-0.05, 0) is 0 Å². The predicted molar refractivity (Wildman–Crippen MR) is 23.4 cm³/mol. The van der Waals surface area contributed by atoms with E-state index in [2.05, 4.69) is 0 Å². The van der Waals surface area contributed by atoms with Crippen molar-refractivity contribution in [2.45, 2.75) is 0 Å². The van der Waals surface area contributed by atoms with Crippen molar-refractivity contribution in [3.05, 3.63) is 0 Å². The zero-order valence-corrected chi connectivity index (χ0v) is 4.85. The van der Waals surface area contributed by atoms with Gasteiger partial charge in [0.15, 0.2) is 0 Å². The minimum absolute atomic E-state index is 0.562. The molecule has 0 bridgehead atoms. The molecule has 0 aliphatic carbocycles. The first-order valence-electron chi connectivity index (χ1n) is 0.999. The summed E-state index contributed by atoms with van der Waals surface area (Å²) in [5.74, 6) is 0. The minimum atomic E-state index is -1.60. The zero-order valence-electron chi connectivity index (χ0n) is 2.34. The molecule has 0 heterocycles. The van der Waals surface area contributed by atoms with Gasteiger partial charge in [-0.1, -0.05) is 0 Å². The molecule has 0 rings (SSSR count). The van der Waals surface area contributed by atoms with Crippen molar-refractivity contribution in [2.24, 2.45) is 0 Å². The minimum Gasteiger partial charge on any atom is -0.252 e. The zero-order chi connectivity index (χ0) is 4.28. The van der Waals surface area contributed by atoms with Crippen LogP contribution >= 0.6 is 22.2 Å². The first-order valence-corrected chi connectivity index (χ1v) is 4.73. The number of alkyl halides is 1. The lowest BCUT2D eigenvalue weighted by Gasteiger charge is -1.76. The largest absolute Gasteiger partial charge is 0.305 e. The Morgan fingerprint density at radius 1 is 1.60 bits per heavy atom. The quantitative estimate of drug-likeness (QED) is 0.374. The Labute approximate surface area is 40.9 Å². The summed E-state index contributed by atoms with van der Waals surface area (Å²) < 4.78 is 10.9. The Balaban J connectivity index is 2.54. The van der Waals surface area contributed by atoms with Crippen molar-refractivity contribution >= 4 is 29.6 Å². The highest BCUT2D eigenvalue weighted by molar-refractivity contribution is 7.33. The van der Waals surface area contributed by atoms with E-state index < -0.39 is 13.7 Å². The number of hydrogen-bond acceptors (Lipinski definition) is 0. The van der Waals surface area contributed by atoms with Crippen molar-refractivity contribution in [1.82, 2.24) is 0 Å². The van der Waals surface area contributed by atoms with Crippen molar-refractivity contribution in [3.63, 3.8) is 0 Å². The summed E-state index contributed by atoms with van der Waals surface area (Å²) in [5.41, 5.74) is 0. The molecule has 0 atom stereocenters. The second-order valence-electron chi connectivity index (χ2n) is 0.472. The summed E-state index contributed by atoms with van der Waals surface area (Å²) in [7, 11) is -1.60. The standard InChI is InChI=1S/CH2Cl2FSi/c2-5(3)1-4/h1H2. The average molecular weight is 132 g/mol. The van der Waals surface area contributed by atoms with Crippen molar-refractivity contribution < 1.29 is 4.39 Å². The SMILES string of the molecule is FC[Si](Cl)Cl. The van der Waals surface area contributed by atoms with E-state index in [1.165, 1.54) is 0 Å². The molecule has 5 heavy (non-hydrogen) atoms. The molecule has 0 saturated heterocycles. The van der Waals surface area contributed by atoms with E-state index in [0.29, 0.717) is 0 Å². The highest BCUT2D eigenvalue weighted by Crippen LogP contribution is 1.93. The van der Waals surface area contributed by atoms with Gasteiger partial charge in [0.25, 0.3) is 0 Å². The monoisotopic (exact) mass is 131 g/mol. The molecule has 0 unspecified atom stereocenters. The topological polar surface area (TPSA) is 0 Å². The third-order valence-corrected chi connectivity index (χ3v) is 0.909. The van der Waals surface area contributed by atoms with Crippen LogP contribution in [0.5, 0.6) is 0 Å². The van der Waals surface area contributed by atoms with Crippen LogP contribution in [0.25, 0.3) is 0 Å². The first-order chi connectivity index (χ1) is 2.27. The third kappa shape index (κ3) is 4.73. The lowest BCUT2D eigenvalue weighted by Crippen LogP contribution is -1.92. The molecule has 0 aromatic rings. The summed E-state index contributed by atoms with van der Waals surface area (Å²) in [6, 6.07) is 0. The highest BCUT2D eigenvalue weighted by Gasteiger charge is 1.97. The summed E-state index contributed by atoms with van der Waals surface area (Å²) in [4.78, 5) is 0. The van der Waals surface area contributed by atoms with E-state index >= 15 is 0 Å². The summed E-state index contributed by atoms with van der Waals surface area (Å²) in [6.07, 6.45) is -0.562. The van der Waals surface area contributed by atoms with E-state index in [-0.39, 0.29) is 0 Å². The molecule has 0 N–H and O–H groups in total. The Morgan fingerprint density at radius 2 is 1.80 bits per heavy atom. The highest BCUT2D eigenvalue weighted by atomic mass is 35.7. The van der Waals surface area contributed by atoms with Crippen LogP contribution in [0, 0.1) is 0 Å². The van der Waals surface area contributed by atoms with Gasteiger partial charge in [-0.15, -0.1) is 22.2 Å². The van der Waals surface area contributed by atoms with Gasteiger partial charge in [0.1, 0.15) is 6.30 Å². The van der Waals surface area contributed by atoms with Crippen LogP contribution in [0.4, 0.5) is 4.39 Å². The molecule has 0 aliphatic heterocycles. The molecule has 1 radical (unpaired) electrons. The molecule has 0 spiro atoms. The number of hydrogen-bond donors (Lipinski definition) is 0. The van der Waals surface area contributed by atoms with Crippen LogP contribution in [0.15, 0.2) is 0 Å².